The van der Waals surface area contributed by atoms with Gasteiger partial charge in [-0.3, -0.25) is 4.99 Å². The largest absolute Gasteiger partial charge is 0.382 e. The summed E-state index contributed by atoms with van der Waals surface area (Å²) in [5, 5.41) is 8.88. The zero-order chi connectivity index (χ0) is 15.3. The van der Waals surface area contributed by atoms with Gasteiger partial charge in [-0.25, -0.2) is 0 Å². The zero-order valence-electron chi connectivity index (χ0n) is 13.5. The lowest BCUT2D eigenvalue weighted by molar-refractivity contribution is 0.143. The first-order chi connectivity index (χ1) is 10.3. The predicted octanol–water partition coefficient (Wildman–Crippen LogP) is 2.91. The zero-order valence-corrected chi connectivity index (χ0v) is 14.3. The molecule has 2 N–H and O–H groups in total. The van der Waals surface area contributed by atoms with Gasteiger partial charge in [0.15, 0.2) is 5.96 Å². The molecule has 0 saturated carbocycles. The molecule has 1 atom stereocenters. The highest BCUT2D eigenvalue weighted by atomic mass is 32.1. The van der Waals surface area contributed by atoms with Gasteiger partial charge in [0.05, 0.1) is 0 Å². The van der Waals surface area contributed by atoms with E-state index in [0.29, 0.717) is 5.92 Å². The highest BCUT2D eigenvalue weighted by Gasteiger charge is 2.05. The van der Waals surface area contributed by atoms with Gasteiger partial charge >= 0.3 is 0 Å². The summed E-state index contributed by atoms with van der Waals surface area (Å²) in [5.74, 6) is 1.49. The number of nitrogens with zero attached hydrogens (tertiary/aromatic N) is 1. The van der Waals surface area contributed by atoms with Crippen molar-refractivity contribution < 1.29 is 4.74 Å². The topological polar surface area (TPSA) is 45.6 Å². The molecule has 5 heteroatoms. The second-order valence-electron chi connectivity index (χ2n) is 5.17. The molecular weight excluding hydrogens is 282 g/mol. The van der Waals surface area contributed by atoms with Crippen molar-refractivity contribution in [3.8, 4) is 0 Å². The summed E-state index contributed by atoms with van der Waals surface area (Å²) >= 11 is 1.83. The Kier molecular flexibility index (Phi) is 9.91. The second-order valence-corrected chi connectivity index (χ2v) is 6.20. The standard InChI is InChI=1S/C16H29N3OS/c1-4-20-10-6-5-9-18-16(17-3)19-13-14(2)12-15-8-7-11-21-15/h7-8,11,14H,4-6,9-10,12-13H2,1-3H3,(H2,17,18,19). The summed E-state index contributed by atoms with van der Waals surface area (Å²) in [6, 6.07) is 4.31. The maximum Gasteiger partial charge on any atom is 0.190 e. The number of rotatable bonds is 10. The van der Waals surface area contributed by atoms with Gasteiger partial charge in [-0.2, -0.15) is 0 Å². The third-order valence-electron chi connectivity index (χ3n) is 3.18. The van der Waals surface area contributed by atoms with Gasteiger partial charge in [0, 0.05) is 38.2 Å². The lowest BCUT2D eigenvalue weighted by Gasteiger charge is -2.15. The summed E-state index contributed by atoms with van der Waals surface area (Å²) in [7, 11) is 1.82. The molecule has 1 rings (SSSR count). The predicted molar refractivity (Wildman–Crippen MR) is 92.3 cm³/mol. The van der Waals surface area contributed by atoms with Gasteiger partial charge < -0.3 is 15.4 Å². The normalized spacial score (nSPS) is 13.2. The van der Waals surface area contributed by atoms with Crippen molar-refractivity contribution in [3.05, 3.63) is 22.4 Å². The Morgan fingerprint density at radius 3 is 2.90 bits per heavy atom. The Morgan fingerprint density at radius 1 is 1.38 bits per heavy atom. The number of unbranched alkanes of at least 4 members (excludes halogenated alkanes) is 1. The number of ether oxygens (including phenoxy) is 1. The van der Waals surface area contributed by atoms with Crippen LogP contribution in [0, 0.1) is 5.92 Å². The van der Waals surface area contributed by atoms with Crippen molar-refractivity contribution >= 4 is 17.3 Å². The summed E-state index contributed by atoms with van der Waals surface area (Å²) in [6.07, 6.45) is 3.31. The van der Waals surface area contributed by atoms with Gasteiger partial charge in [-0.15, -0.1) is 11.3 Å². The minimum atomic E-state index is 0.597. The molecule has 0 aliphatic carbocycles. The van der Waals surface area contributed by atoms with Crippen LogP contribution >= 0.6 is 11.3 Å². The smallest absolute Gasteiger partial charge is 0.190 e. The van der Waals surface area contributed by atoms with Crippen LogP contribution in [0.25, 0.3) is 0 Å². The van der Waals surface area contributed by atoms with Crippen LogP contribution in [0.4, 0.5) is 0 Å². The molecular formula is C16H29N3OS. The number of hydrogen-bond donors (Lipinski definition) is 2. The average Bonchev–Trinajstić information content (AvgIpc) is 2.98. The van der Waals surface area contributed by atoms with E-state index in [9.17, 15) is 0 Å². The molecule has 0 amide bonds. The molecule has 0 aliphatic heterocycles. The molecule has 1 heterocycles. The maximum absolute atomic E-state index is 5.32. The molecule has 0 fully saturated rings. The van der Waals surface area contributed by atoms with Crippen LogP contribution in [0.3, 0.4) is 0 Å². The number of nitrogens with one attached hydrogen (secondary N) is 2. The van der Waals surface area contributed by atoms with E-state index in [1.165, 1.54) is 4.88 Å². The van der Waals surface area contributed by atoms with E-state index >= 15 is 0 Å². The number of hydrogen-bond acceptors (Lipinski definition) is 3. The lowest BCUT2D eigenvalue weighted by atomic mass is 10.1. The quantitative estimate of drug-likeness (QED) is 0.397. The maximum atomic E-state index is 5.32. The van der Waals surface area contributed by atoms with Crippen LogP contribution in [-0.2, 0) is 11.2 Å². The first-order valence-electron chi connectivity index (χ1n) is 7.80. The molecule has 120 valence electrons. The van der Waals surface area contributed by atoms with Crippen molar-refractivity contribution in [1.29, 1.82) is 0 Å². The van der Waals surface area contributed by atoms with Crippen LogP contribution in [0.2, 0.25) is 0 Å². The molecule has 0 spiro atoms. The number of guanidine groups is 1. The molecule has 0 saturated heterocycles. The van der Waals surface area contributed by atoms with Crippen LogP contribution in [0.5, 0.6) is 0 Å². The Labute approximate surface area is 133 Å². The summed E-state index contributed by atoms with van der Waals surface area (Å²) in [6.45, 7) is 7.83. The van der Waals surface area contributed by atoms with E-state index in [-0.39, 0.29) is 0 Å². The Balaban J connectivity index is 2.10. The lowest BCUT2D eigenvalue weighted by Crippen LogP contribution is -2.40. The first kappa shape index (κ1) is 18.0. The van der Waals surface area contributed by atoms with Crippen LogP contribution in [-0.4, -0.2) is 39.3 Å². The van der Waals surface area contributed by atoms with E-state index in [1.807, 2.05) is 25.3 Å². The summed E-state index contributed by atoms with van der Waals surface area (Å²) in [5.41, 5.74) is 0. The summed E-state index contributed by atoms with van der Waals surface area (Å²) < 4.78 is 5.32. The second kappa shape index (κ2) is 11.6. The van der Waals surface area contributed by atoms with Crippen molar-refractivity contribution in [3.63, 3.8) is 0 Å². The van der Waals surface area contributed by atoms with Crippen LogP contribution in [0.1, 0.15) is 31.6 Å². The van der Waals surface area contributed by atoms with Crippen LogP contribution in [0.15, 0.2) is 22.5 Å². The molecule has 1 aromatic heterocycles. The molecule has 1 aromatic rings. The van der Waals surface area contributed by atoms with Gasteiger partial charge in [-0.05, 0) is 43.6 Å². The Bertz CT molecular complexity index is 379. The van der Waals surface area contributed by atoms with Crippen molar-refractivity contribution in [2.24, 2.45) is 10.9 Å². The number of thiophene rings is 1. The van der Waals surface area contributed by atoms with E-state index in [0.717, 1.165) is 51.5 Å². The minimum Gasteiger partial charge on any atom is -0.382 e. The molecule has 0 bridgehead atoms. The molecule has 21 heavy (non-hydrogen) atoms. The van der Waals surface area contributed by atoms with E-state index in [1.54, 1.807) is 0 Å². The monoisotopic (exact) mass is 311 g/mol. The fraction of sp³-hybridized carbons (Fsp3) is 0.688. The molecule has 0 aromatic carbocycles. The minimum absolute atomic E-state index is 0.597. The molecule has 0 aliphatic rings. The third kappa shape index (κ3) is 8.73. The van der Waals surface area contributed by atoms with Crippen LogP contribution < -0.4 is 10.6 Å². The van der Waals surface area contributed by atoms with Gasteiger partial charge in [0.25, 0.3) is 0 Å². The van der Waals surface area contributed by atoms with E-state index < -0.39 is 0 Å². The highest BCUT2D eigenvalue weighted by molar-refractivity contribution is 7.09. The fourth-order valence-electron chi connectivity index (χ4n) is 2.02. The van der Waals surface area contributed by atoms with Crippen molar-refractivity contribution in [2.75, 3.05) is 33.4 Å². The van der Waals surface area contributed by atoms with Crippen molar-refractivity contribution in [1.82, 2.24) is 10.6 Å². The fourth-order valence-corrected chi connectivity index (χ4v) is 2.89. The third-order valence-corrected chi connectivity index (χ3v) is 4.08. The van der Waals surface area contributed by atoms with E-state index in [4.69, 9.17) is 4.74 Å². The van der Waals surface area contributed by atoms with E-state index in [2.05, 4.69) is 40.1 Å². The molecule has 4 nitrogen and oxygen atoms in total. The average molecular weight is 311 g/mol. The first-order valence-corrected chi connectivity index (χ1v) is 8.68. The van der Waals surface area contributed by atoms with Gasteiger partial charge in [0.1, 0.15) is 0 Å². The Hall–Kier alpha value is -1.07. The summed E-state index contributed by atoms with van der Waals surface area (Å²) in [4.78, 5) is 5.70. The highest BCUT2D eigenvalue weighted by Crippen LogP contribution is 2.13. The Morgan fingerprint density at radius 2 is 2.24 bits per heavy atom. The van der Waals surface area contributed by atoms with Gasteiger partial charge in [0.2, 0.25) is 0 Å². The van der Waals surface area contributed by atoms with Crippen molar-refractivity contribution in [2.45, 2.75) is 33.1 Å². The number of aliphatic imine (C=N–C) groups is 1. The van der Waals surface area contributed by atoms with Gasteiger partial charge in [-0.1, -0.05) is 13.0 Å². The molecule has 0 radical (unpaired) electrons. The SMILES string of the molecule is CCOCCCCNC(=NC)NCC(C)Cc1cccs1. The molecule has 1 unspecified atom stereocenters.